The van der Waals surface area contributed by atoms with Gasteiger partial charge in [0.25, 0.3) is 0 Å². The molecule has 0 amide bonds. The topological polar surface area (TPSA) is 64.4 Å². The van der Waals surface area contributed by atoms with Gasteiger partial charge in [-0.3, -0.25) is 0 Å². The van der Waals surface area contributed by atoms with E-state index in [4.69, 9.17) is 4.74 Å². The summed E-state index contributed by atoms with van der Waals surface area (Å²) < 4.78 is 35.0. The minimum atomic E-state index is -3.44. The van der Waals surface area contributed by atoms with E-state index in [1.807, 2.05) is 19.3 Å². The van der Waals surface area contributed by atoms with Crippen LogP contribution in [0.15, 0.2) is 41.6 Å². The number of aromatic nitrogens is 2. The van der Waals surface area contributed by atoms with Crippen molar-refractivity contribution in [2.75, 3.05) is 19.7 Å². The number of hydrogen-bond donors (Lipinski definition) is 0. The van der Waals surface area contributed by atoms with E-state index in [-0.39, 0.29) is 0 Å². The number of rotatable bonds is 7. The van der Waals surface area contributed by atoms with Crippen LogP contribution in [0.5, 0.6) is 5.75 Å². The zero-order chi connectivity index (χ0) is 19.4. The van der Waals surface area contributed by atoms with Crippen molar-refractivity contribution in [2.24, 2.45) is 5.92 Å². The van der Waals surface area contributed by atoms with Crippen LogP contribution >= 0.6 is 0 Å². The summed E-state index contributed by atoms with van der Waals surface area (Å²) in [6.45, 7) is 8.79. The van der Waals surface area contributed by atoms with Crippen LogP contribution in [0.2, 0.25) is 0 Å². The molecular weight excluding hydrogens is 362 g/mol. The van der Waals surface area contributed by atoms with E-state index in [1.54, 1.807) is 28.6 Å². The molecule has 1 aliphatic rings. The Balaban J connectivity index is 1.61. The Hall–Kier alpha value is -1.86. The second-order valence-corrected chi connectivity index (χ2v) is 9.28. The molecule has 0 N–H and O–H groups in total. The normalized spacial score (nSPS) is 16.7. The van der Waals surface area contributed by atoms with Gasteiger partial charge in [-0.05, 0) is 49.9 Å². The van der Waals surface area contributed by atoms with Gasteiger partial charge in [0, 0.05) is 37.9 Å². The molecule has 0 bridgehead atoms. The van der Waals surface area contributed by atoms with Crippen molar-refractivity contribution in [1.29, 1.82) is 0 Å². The summed E-state index contributed by atoms with van der Waals surface area (Å²) in [5.74, 6) is 2.65. The molecule has 1 aromatic carbocycles. The first kappa shape index (κ1) is 19.9. The molecule has 27 heavy (non-hydrogen) atoms. The van der Waals surface area contributed by atoms with Gasteiger partial charge in [0.2, 0.25) is 10.0 Å². The largest absolute Gasteiger partial charge is 0.494 e. The van der Waals surface area contributed by atoms with Crippen LogP contribution in [0, 0.1) is 5.92 Å². The standard InChI is InChI=1S/C20H29N3O3S/c1-4-26-18-5-7-19(8-6-18)27(24,25)23-12-9-17(10-13-23)15-22-14-11-21-20(22)16(2)3/h5-8,11,14,16-17H,4,9-10,12-13,15H2,1-3H3. The highest BCUT2D eigenvalue weighted by atomic mass is 32.2. The van der Waals surface area contributed by atoms with Gasteiger partial charge < -0.3 is 9.30 Å². The number of hydrogen-bond acceptors (Lipinski definition) is 4. The summed E-state index contributed by atoms with van der Waals surface area (Å²) in [7, 11) is -3.44. The number of sulfonamides is 1. The molecule has 0 aliphatic carbocycles. The van der Waals surface area contributed by atoms with Crippen LogP contribution < -0.4 is 4.74 Å². The molecule has 0 spiro atoms. The first-order valence-electron chi connectivity index (χ1n) is 9.66. The van der Waals surface area contributed by atoms with Gasteiger partial charge in [-0.15, -0.1) is 0 Å². The Bertz CT molecular complexity index is 836. The summed E-state index contributed by atoms with van der Waals surface area (Å²) in [6.07, 6.45) is 5.61. The molecular formula is C20H29N3O3S. The fourth-order valence-electron chi connectivity index (χ4n) is 3.61. The van der Waals surface area contributed by atoms with E-state index in [2.05, 4.69) is 23.4 Å². The lowest BCUT2D eigenvalue weighted by molar-refractivity contribution is 0.251. The van der Waals surface area contributed by atoms with Crippen LogP contribution in [0.4, 0.5) is 0 Å². The van der Waals surface area contributed by atoms with Crippen molar-refractivity contribution in [3.63, 3.8) is 0 Å². The van der Waals surface area contributed by atoms with Crippen LogP contribution in [0.1, 0.15) is 45.4 Å². The van der Waals surface area contributed by atoms with Gasteiger partial charge in [0.15, 0.2) is 0 Å². The van der Waals surface area contributed by atoms with Crippen molar-refractivity contribution in [3.05, 3.63) is 42.5 Å². The Morgan fingerprint density at radius 2 is 1.85 bits per heavy atom. The van der Waals surface area contributed by atoms with Gasteiger partial charge in [-0.1, -0.05) is 13.8 Å². The van der Waals surface area contributed by atoms with Gasteiger partial charge in [-0.2, -0.15) is 4.31 Å². The van der Waals surface area contributed by atoms with Crippen LogP contribution in [0.25, 0.3) is 0 Å². The van der Waals surface area contributed by atoms with E-state index in [1.165, 1.54) is 0 Å². The van der Waals surface area contributed by atoms with Crippen LogP contribution in [-0.4, -0.2) is 42.0 Å². The molecule has 0 atom stereocenters. The average molecular weight is 392 g/mol. The van der Waals surface area contributed by atoms with Gasteiger partial charge in [0.05, 0.1) is 11.5 Å². The maximum Gasteiger partial charge on any atom is 0.243 e. The maximum atomic E-state index is 12.9. The lowest BCUT2D eigenvalue weighted by atomic mass is 9.98. The van der Waals surface area contributed by atoms with E-state index >= 15 is 0 Å². The number of imidazole rings is 1. The van der Waals surface area contributed by atoms with Crippen molar-refractivity contribution in [3.8, 4) is 5.75 Å². The Morgan fingerprint density at radius 1 is 1.19 bits per heavy atom. The molecule has 2 aromatic rings. The van der Waals surface area contributed by atoms with Crippen molar-refractivity contribution < 1.29 is 13.2 Å². The Kier molecular flexibility index (Phi) is 6.22. The third-order valence-electron chi connectivity index (χ3n) is 5.06. The van der Waals surface area contributed by atoms with Gasteiger partial charge >= 0.3 is 0 Å². The van der Waals surface area contributed by atoms with Gasteiger partial charge in [-0.25, -0.2) is 13.4 Å². The van der Waals surface area contributed by atoms with E-state index in [0.29, 0.717) is 42.2 Å². The summed E-state index contributed by atoms with van der Waals surface area (Å²) in [4.78, 5) is 4.78. The number of piperidine rings is 1. The number of nitrogens with zero attached hydrogens (tertiary/aromatic N) is 3. The fraction of sp³-hybridized carbons (Fsp3) is 0.550. The molecule has 1 fully saturated rings. The zero-order valence-corrected chi connectivity index (χ0v) is 17.2. The quantitative estimate of drug-likeness (QED) is 0.725. The number of ether oxygens (including phenoxy) is 1. The highest BCUT2D eigenvalue weighted by Crippen LogP contribution is 2.26. The first-order chi connectivity index (χ1) is 12.9. The lowest BCUT2D eigenvalue weighted by Crippen LogP contribution is -2.39. The minimum absolute atomic E-state index is 0.334. The molecule has 2 heterocycles. The third kappa shape index (κ3) is 4.52. The lowest BCUT2D eigenvalue weighted by Gasteiger charge is -2.31. The smallest absolute Gasteiger partial charge is 0.243 e. The third-order valence-corrected chi connectivity index (χ3v) is 6.98. The van der Waals surface area contributed by atoms with E-state index in [9.17, 15) is 8.42 Å². The van der Waals surface area contributed by atoms with Crippen LogP contribution in [-0.2, 0) is 16.6 Å². The Morgan fingerprint density at radius 3 is 2.44 bits per heavy atom. The zero-order valence-electron chi connectivity index (χ0n) is 16.3. The van der Waals surface area contributed by atoms with Crippen molar-refractivity contribution in [1.82, 2.24) is 13.9 Å². The molecule has 7 heteroatoms. The maximum absolute atomic E-state index is 12.9. The van der Waals surface area contributed by atoms with Crippen molar-refractivity contribution in [2.45, 2.75) is 51.0 Å². The molecule has 0 radical (unpaired) electrons. The predicted molar refractivity (Wildman–Crippen MR) is 105 cm³/mol. The molecule has 1 aromatic heterocycles. The Labute approximate surface area is 162 Å². The average Bonchev–Trinajstić information content (AvgIpc) is 3.11. The molecule has 1 aliphatic heterocycles. The highest BCUT2D eigenvalue weighted by Gasteiger charge is 2.29. The van der Waals surface area contributed by atoms with Gasteiger partial charge in [0.1, 0.15) is 11.6 Å². The monoisotopic (exact) mass is 391 g/mol. The van der Waals surface area contributed by atoms with E-state index < -0.39 is 10.0 Å². The highest BCUT2D eigenvalue weighted by molar-refractivity contribution is 7.89. The summed E-state index contributed by atoms with van der Waals surface area (Å²) in [6, 6.07) is 6.70. The van der Waals surface area contributed by atoms with E-state index in [0.717, 1.165) is 25.2 Å². The summed E-state index contributed by atoms with van der Waals surface area (Å²) in [5.41, 5.74) is 0. The first-order valence-corrected chi connectivity index (χ1v) is 11.1. The second-order valence-electron chi connectivity index (χ2n) is 7.34. The SMILES string of the molecule is CCOc1ccc(S(=O)(=O)N2CCC(Cn3ccnc3C(C)C)CC2)cc1. The molecule has 3 rings (SSSR count). The molecule has 0 saturated carbocycles. The predicted octanol–water partition coefficient (Wildman–Crippen LogP) is 3.51. The second kappa shape index (κ2) is 8.44. The summed E-state index contributed by atoms with van der Waals surface area (Å²) in [5, 5.41) is 0. The molecule has 6 nitrogen and oxygen atoms in total. The molecule has 0 unspecified atom stereocenters. The molecule has 148 valence electrons. The summed E-state index contributed by atoms with van der Waals surface area (Å²) >= 11 is 0. The minimum Gasteiger partial charge on any atom is -0.494 e. The molecule has 1 saturated heterocycles. The van der Waals surface area contributed by atoms with Crippen LogP contribution in [0.3, 0.4) is 0 Å². The number of benzene rings is 1. The fourth-order valence-corrected chi connectivity index (χ4v) is 5.08. The van der Waals surface area contributed by atoms with Crippen molar-refractivity contribution >= 4 is 10.0 Å².